The first-order valence-electron chi connectivity index (χ1n) is 7.13. The predicted molar refractivity (Wildman–Crippen MR) is 76.8 cm³/mol. The first-order valence-corrected chi connectivity index (χ1v) is 7.13. The Morgan fingerprint density at radius 1 is 1.15 bits per heavy atom. The summed E-state index contributed by atoms with van der Waals surface area (Å²) in [7, 11) is 0. The van der Waals surface area contributed by atoms with Crippen molar-refractivity contribution in [3.05, 3.63) is 23.8 Å². The summed E-state index contributed by atoms with van der Waals surface area (Å²) < 4.78 is 5.32. The molecule has 20 heavy (non-hydrogen) atoms. The number of phenols is 1. The molecule has 0 saturated carbocycles. The second kappa shape index (κ2) is 5.53. The Kier molecular flexibility index (Phi) is 3.58. The monoisotopic (exact) mass is 273 g/mol. The molecule has 0 spiro atoms. The van der Waals surface area contributed by atoms with E-state index in [1.165, 1.54) is 25.7 Å². The zero-order valence-corrected chi connectivity index (χ0v) is 11.7. The summed E-state index contributed by atoms with van der Waals surface area (Å²) >= 11 is 0. The molecule has 2 aromatic rings. The fraction of sp³-hybridized carbons (Fsp3) is 0.467. The minimum atomic E-state index is 0.207. The van der Waals surface area contributed by atoms with E-state index in [-0.39, 0.29) is 5.75 Å². The zero-order chi connectivity index (χ0) is 13.9. The van der Waals surface area contributed by atoms with Crippen molar-refractivity contribution in [2.24, 2.45) is 0 Å². The van der Waals surface area contributed by atoms with Crippen molar-refractivity contribution in [3.63, 3.8) is 0 Å². The third-order valence-corrected chi connectivity index (χ3v) is 3.77. The number of hydrogen-bond acceptors (Lipinski definition) is 5. The van der Waals surface area contributed by atoms with E-state index < -0.39 is 0 Å². The van der Waals surface area contributed by atoms with Crippen LogP contribution in [0.1, 0.15) is 31.2 Å². The lowest BCUT2D eigenvalue weighted by Crippen LogP contribution is -2.24. The molecular formula is C15H19N3O2. The minimum absolute atomic E-state index is 0.207. The molecule has 5 nitrogen and oxygen atoms in total. The Morgan fingerprint density at radius 3 is 2.65 bits per heavy atom. The van der Waals surface area contributed by atoms with Crippen molar-refractivity contribution in [2.75, 3.05) is 18.0 Å². The SMILES string of the molecule is Cc1cccc(-c2nc(N3CCCCCC3)no2)c1O. The summed E-state index contributed by atoms with van der Waals surface area (Å²) in [5.41, 5.74) is 1.40. The van der Waals surface area contributed by atoms with Crippen molar-refractivity contribution in [1.82, 2.24) is 10.1 Å². The van der Waals surface area contributed by atoms with Crippen LogP contribution >= 0.6 is 0 Å². The van der Waals surface area contributed by atoms with Crippen molar-refractivity contribution < 1.29 is 9.63 Å². The first kappa shape index (κ1) is 13.0. The molecule has 0 unspecified atom stereocenters. The maximum atomic E-state index is 10.1. The Labute approximate surface area is 118 Å². The van der Waals surface area contributed by atoms with Gasteiger partial charge in [0.15, 0.2) is 0 Å². The second-order valence-corrected chi connectivity index (χ2v) is 5.27. The fourth-order valence-electron chi connectivity index (χ4n) is 2.56. The van der Waals surface area contributed by atoms with Crippen molar-refractivity contribution in [2.45, 2.75) is 32.6 Å². The fourth-order valence-corrected chi connectivity index (χ4v) is 2.56. The second-order valence-electron chi connectivity index (χ2n) is 5.27. The number of rotatable bonds is 2. The number of aromatic hydroxyl groups is 1. The normalized spacial score (nSPS) is 16.1. The number of aromatic nitrogens is 2. The Morgan fingerprint density at radius 2 is 1.90 bits per heavy atom. The van der Waals surface area contributed by atoms with Crippen LogP contribution in [0.5, 0.6) is 5.75 Å². The molecular weight excluding hydrogens is 254 g/mol. The number of anilines is 1. The highest BCUT2D eigenvalue weighted by molar-refractivity contribution is 5.65. The maximum absolute atomic E-state index is 10.1. The van der Waals surface area contributed by atoms with Crippen LogP contribution in [0.3, 0.4) is 0 Å². The van der Waals surface area contributed by atoms with E-state index in [0.29, 0.717) is 17.4 Å². The number of nitrogens with zero attached hydrogens (tertiary/aromatic N) is 3. The highest BCUT2D eigenvalue weighted by atomic mass is 16.5. The maximum Gasteiger partial charge on any atom is 0.266 e. The first-order chi connectivity index (χ1) is 9.75. The summed E-state index contributed by atoms with van der Waals surface area (Å²) in [5, 5.41) is 14.1. The molecule has 1 aliphatic rings. The van der Waals surface area contributed by atoms with E-state index in [9.17, 15) is 5.11 Å². The standard InChI is InChI=1S/C15H19N3O2/c1-11-7-6-8-12(13(11)19)14-16-15(17-20-14)18-9-4-2-3-5-10-18/h6-8,19H,2-5,9-10H2,1H3. The third-order valence-electron chi connectivity index (χ3n) is 3.77. The van der Waals surface area contributed by atoms with Crippen molar-refractivity contribution in [1.29, 1.82) is 0 Å². The van der Waals surface area contributed by atoms with Gasteiger partial charge in [0, 0.05) is 13.1 Å². The van der Waals surface area contributed by atoms with Gasteiger partial charge in [0.1, 0.15) is 5.75 Å². The Bertz CT molecular complexity index is 587. The predicted octanol–water partition coefficient (Wildman–Crippen LogP) is 3.13. The lowest BCUT2D eigenvalue weighted by atomic mass is 10.1. The van der Waals surface area contributed by atoms with Crippen LogP contribution in [0, 0.1) is 6.92 Å². The van der Waals surface area contributed by atoms with Gasteiger partial charge in [-0.3, -0.25) is 0 Å². The molecule has 1 fully saturated rings. The van der Waals surface area contributed by atoms with E-state index in [1.54, 1.807) is 6.07 Å². The van der Waals surface area contributed by atoms with Gasteiger partial charge < -0.3 is 14.5 Å². The van der Waals surface area contributed by atoms with Gasteiger partial charge in [-0.15, -0.1) is 0 Å². The average Bonchev–Trinajstić information content (AvgIpc) is 2.77. The molecule has 1 N–H and O–H groups in total. The summed E-state index contributed by atoms with van der Waals surface area (Å²) in [6.07, 6.45) is 4.86. The number of hydrogen-bond donors (Lipinski definition) is 1. The van der Waals surface area contributed by atoms with Gasteiger partial charge in [-0.1, -0.05) is 25.0 Å². The van der Waals surface area contributed by atoms with Crippen LogP contribution in [0.25, 0.3) is 11.5 Å². The molecule has 0 radical (unpaired) electrons. The highest BCUT2D eigenvalue weighted by Crippen LogP contribution is 2.31. The molecule has 2 heterocycles. The van der Waals surface area contributed by atoms with Gasteiger partial charge in [-0.25, -0.2) is 0 Å². The molecule has 0 bridgehead atoms. The quantitative estimate of drug-likeness (QED) is 0.910. The van der Waals surface area contributed by atoms with Crippen molar-refractivity contribution >= 4 is 5.95 Å². The molecule has 0 amide bonds. The van der Waals surface area contributed by atoms with E-state index >= 15 is 0 Å². The number of benzene rings is 1. The Hall–Kier alpha value is -2.04. The average molecular weight is 273 g/mol. The third kappa shape index (κ3) is 2.48. The van der Waals surface area contributed by atoms with Crippen LogP contribution in [0.15, 0.2) is 22.7 Å². The molecule has 0 atom stereocenters. The van der Waals surface area contributed by atoms with Gasteiger partial charge in [-0.05, 0) is 36.6 Å². The summed E-state index contributed by atoms with van der Waals surface area (Å²) in [6, 6.07) is 5.52. The smallest absolute Gasteiger partial charge is 0.266 e. The van der Waals surface area contributed by atoms with E-state index in [4.69, 9.17) is 4.52 Å². The number of aryl methyl sites for hydroxylation is 1. The molecule has 0 aliphatic carbocycles. The molecule has 1 aromatic carbocycles. The molecule has 3 rings (SSSR count). The molecule has 1 saturated heterocycles. The number of para-hydroxylation sites is 1. The van der Waals surface area contributed by atoms with E-state index in [1.807, 2.05) is 19.1 Å². The highest BCUT2D eigenvalue weighted by Gasteiger charge is 2.18. The van der Waals surface area contributed by atoms with E-state index in [0.717, 1.165) is 18.7 Å². The summed E-state index contributed by atoms with van der Waals surface area (Å²) in [4.78, 5) is 6.60. The minimum Gasteiger partial charge on any atom is -0.507 e. The number of phenolic OH excluding ortho intramolecular Hbond substituents is 1. The lowest BCUT2D eigenvalue weighted by molar-refractivity contribution is 0.422. The zero-order valence-electron chi connectivity index (χ0n) is 11.7. The Balaban J connectivity index is 1.87. The molecule has 1 aliphatic heterocycles. The van der Waals surface area contributed by atoms with Crippen LogP contribution in [-0.2, 0) is 0 Å². The lowest BCUT2D eigenvalue weighted by Gasteiger charge is -2.16. The van der Waals surface area contributed by atoms with Gasteiger partial charge in [0.25, 0.3) is 11.8 Å². The van der Waals surface area contributed by atoms with Crippen LogP contribution < -0.4 is 4.90 Å². The van der Waals surface area contributed by atoms with Gasteiger partial charge >= 0.3 is 0 Å². The molecule has 106 valence electrons. The topological polar surface area (TPSA) is 62.4 Å². The van der Waals surface area contributed by atoms with Crippen LogP contribution in [0.2, 0.25) is 0 Å². The van der Waals surface area contributed by atoms with E-state index in [2.05, 4.69) is 15.0 Å². The van der Waals surface area contributed by atoms with Crippen LogP contribution in [0.4, 0.5) is 5.95 Å². The van der Waals surface area contributed by atoms with Gasteiger partial charge in [0.05, 0.1) is 5.56 Å². The summed E-state index contributed by atoms with van der Waals surface area (Å²) in [5.74, 6) is 1.21. The summed E-state index contributed by atoms with van der Waals surface area (Å²) in [6.45, 7) is 3.79. The molecule has 5 heteroatoms. The largest absolute Gasteiger partial charge is 0.507 e. The van der Waals surface area contributed by atoms with Crippen LogP contribution in [-0.4, -0.2) is 28.3 Å². The molecule has 1 aromatic heterocycles. The van der Waals surface area contributed by atoms with Crippen molar-refractivity contribution in [3.8, 4) is 17.2 Å². The van der Waals surface area contributed by atoms with Gasteiger partial charge in [0.2, 0.25) is 0 Å². The van der Waals surface area contributed by atoms with Gasteiger partial charge in [-0.2, -0.15) is 4.98 Å².